The molecule has 2 saturated heterocycles. The van der Waals surface area contributed by atoms with Crippen molar-refractivity contribution in [3.63, 3.8) is 0 Å². The summed E-state index contributed by atoms with van der Waals surface area (Å²) in [7, 11) is 3.46. The summed E-state index contributed by atoms with van der Waals surface area (Å²) in [4.78, 5) is 42.6. The number of nitrogens with zero attached hydrogens (tertiary/aromatic N) is 3. The van der Waals surface area contributed by atoms with Gasteiger partial charge < -0.3 is 28.8 Å². The SMILES string of the molecule is COc1c(C)cc2c(c1O)[C@@H]1C3[C@@H]4SCC(=O)C(=O)COC[C@H](c5c6c(c(C)c(OC(C)=O)c54)OCO6)N3[C@@H](C#N)[C@H](C2)N1C. The number of rotatable bonds is 2. The third-order valence-electron chi connectivity index (χ3n) is 9.76. The summed E-state index contributed by atoms with van der Waals surface area (Å²) in [6.07, 6.45) is 0.502. The fourth-order valence-corrected chi connectivity index (χ4v) is 9.41. The second kappa shape index (κ2) is 10.9. The zero-order valence-corrected chi connectivity index (χ0v) is 26.4. The number of carbonyl (C=O) groups is 3. The van der Waals surface area contributed by atoms with Crippen LogP contribution in [0.1, 0.15) is 57.6 Å². The Bertz CT molecular complexity index is 1700. The maximum atomic E-state index is 13.1. The Morgan fingerprint density at radius 3 is 2.60 bits per heavy atom. The Morgan fingerprint density at radius 1 is 1.13 bits per heavy atom. The second-order valence-corrected chi connectivity index (χ2v) is 13.2. The summed E-state index contributed by atoms with van der Waals surface area (Å²) in [6.45, 7) is 4.48. The van der Waals surface area contributed by atoms with Crippen LogP contribution < -0.4 is 18.9 Å². The minimum Gasteiger partial charge on any atom is -0.504 e. The summed E-state index contributed by atoms with van der Waals surface area (Å²) >= 11 is 1.25. The Kier molecular flexibility index (Phi) is 7.24. The summed E-state index contributed by atoms with van der Waals surface area (Å²) in [5.41, 5.74) is 4.22. The minimum atomic E-state index is -0.651. The third-order valence-corrected chi connectivity index (χ3v) is 11.1. The van der Waals surface area contributed by atoms with Crippen molar-refractivity contribution in [2.75, 3.05) is 39.9 Å². The van der Waals surface area contributed by atoms with Gasteiger partial charge >= 0.3 is 5.97 Å². The van der Waals surface area contributed by atoms with Crippen molar-refractivity contribution in [2.45, 2.75) is 62.7 Å². The number of aryl methyl sites for hydroxylation is 1. The lowest BCUT2D eigenvalue weighted by atomic mass is 9.71. The first-order valence-electron chi connectivity index (χ1n) is 14.8. The molecular formula is C32H33N3O9S. The van der Waals surface area contributed by atoms with Crippen molar-refractivity contribution in [1.82, 2.24) is 9.80 Å². The standard InChI is InChI=1S/C32H33N3O9S/c1-13-6-16-7-17-18(8-33)35-19-9-41-10-20(37)21(38)11-45-32(26(35)25(34(17)4)22(16)27(39)28(13)40-5)24-23(19)31-30(42-12-43-31)14(2)29(24)44-15(3)36/h6,17-19,25-26,32,39H,7,9-12H2,1-5H3/t17-,18-,19+,25+,26?,32+/m0/s1. The largest absolute Gasteiger partial charge is 0.504 e. The van der Waals surface area contributed by atoms with Gasteiger partial charge in [0.1, 0.15) is 18.4 Å². The fraction of sp³-hybridized carbons (Fsp3) is 0.500. The summed E-state index contributed by atoms with van der Waals surface area (Å²) in [5, 5.41) is 22.0. The first kappa shape index (κ1) is 29.9. The molecular weight excluding hydrogens is 602 g/mol. The predicted molar refractivity (Wildman–Crippen MR) is 160 cm³/mol. The van der Waals surface area contributed by atoms with Gasteiger partial charge in [0.15, 0.2) is 23.0 Å². The van der Waals surface area contributed by atoms with Gasteiger partial charge in [-0.05, 0) is 38.4 Å². The normalized spacial score (nSPS) is 28.8. The molecule has 1 N–H and O–H groups in total. The van der Waals surface area contributed by atoms with Gasteiger partial charge in [-0.25, -0.2) is 0 Å². The quantitative estimate of drug-likeness (QED) is 0.293. The molecule has 13 heteroatoms. The van der Waals surface area contributed by atoms with Crippen LogP contribution in [0, 0.1) is 25.2 Å². The maximum Gasteiger partial charge on any atom is 0.308 e. The molecule has 236 valence electrons. The number of piperazine rings is 1. The topological polar surface area (TPSA) is 148 Å². The van der Waals surface area contributed by atoms with Crippen LogP contribution in [0.2, 0.25) is 0 Å². The highest BCUT2D eigenvalue weighted by Crippen LogP contribution is 2.63. The van der Waals surface area contributed by atoms with E-state index in [1.165, 1.54) is 25.8 Å². The van der Waals surface area contributed by atoms with Gasteiger partial charge in [0.05, 0.1) is 42.9 Å². The Morgan fingerprint density at radius 2 is 1.89 bits per heavy atom. The van der Waals surface area contributed by atoms with Gasteiger partial charge in [-0.1, -0.05) is 6.07 Å². The van der Waals surface area contributed by atoms with Crippen molar-refractivity contribution in [1.29, 1.82) is 5.26 Å². The molecule has 0 saturated carbocycles. The van der Waals surface area contributed by atoms with Crippen LogP contribution in [-0.2, 0) is 25.5 Å². The number of hydrogen-bond donors (Lipinski definition) is 1. The van der Waals surface area contributed by atoms with Crippen LogP contribution in [0.4, 0.5) is 0 Å². The Hall–Kier alpha value is -3.83. The molecule has 1 unspecified atom stereocenters. The number of ketones is 2. The first-order valence-corrected chi connectivity index (χ1v) is 15.8. The molecule has 2 aromatic rings. The zero-order valence-electron chi connectivity index (χ0n) is 25.5. The molecule has 45 heavy (non-hydrogen) atoms. The van der Waals surface area contributed by atoms with Crippen LogP contribution in [0.5, 0.6) is 28.7 Å². The molecule has 6 atom stereocenters. The van der Waals surface area contributed by atoms with E-state index < -0.39 is 53.6 Å². The van der Waals surface area contributed by atoms with E-state index in [1.807, 2.05) is 20.0 Å². The van der Waals surface area contributed by atoms with E-state index in [2.05, 4.69) is 15.9 Å². The minimum absolute atomic E-state index is 0.0261. The molecule has 5 heterocycles. The molecule has 5 aliphatic rings. The molecule has 0 radical (unpaired) electrons. The molecule has 12 nitrogen and oxygen atoms in total. The van der Waals surface area contributed by atoms with Crippen LogP contribution in [0.3, 0.4) is 0 Å². The van der Waals surface area contributed by atoms with Crippen LogP contribution in [-0.4, -0.2) is 90.5 Å². The van der Waals surface area contributed by atoms with Crippen molar-refractivity contribution in [2.24, 2.45) is 0 Å². The highest BCUT2D eigenvalue weighted by atomic mass is 32.2. The lowest BCUT2D eigenvalue weighted by Crippen LogP contribution is -2.69. The summed E-state index contributed by atoms with van der Waals surface area (Å²) in [6, 6.07) is 2.00. The third kappa shape index (κ3) is 4.26. The zero-order chi connectivity index (χ0) is 31.9. The van der Waals surface area contributed by atoms with Crippen LogP contribution in [0.25, 0.3) is 0 Å². The molecule has 0 aliphatic carbocycles. The number of likely N-dealkylation sites (N-methyl/N-ethyl adjacent to an activating group) is 1. The number of hydrogen-bond acceptors (Lipinski definition) is 13. The first-order chi connectivity index (χ1) is 21.6. The number of benzene rings is 2. The molecule has 0 amide bonds. The number of methoxy groups -OCH3 is 1. The van der Waals surface area contributed by atoms with Crippen molar-refractivity contribution in [3.05, 3.63) is 39.4 Å². The molecule has 0 spiro atoms. The maximum absolute atomic E-state index is 13.1. The van der Waals surface area contributed by atoms with Crippen LogP contribution >= 0.6 is 11.8 Å². The number of carbonyl (C=O) groups excluding carboxylic acids is 3. The number of thioether (sulfide) groups is 1. The number of nitriles is 1. The predicted octanol–water partition coefficient (Wildman–Crippen LogP) is 2.84. The summed E-state index contributed by atoms with van der Waals surface area (Å²) in [5.74, 6) is -0.337. The van der Waals surface area contributed by atoms with Crippen molar-refractivity contribution in [3.8, 4) is 34.8 Å². The molecule has 2 fully saturated rings. The number of ether oxygens (including phenoxy) is 5. The Balaban J connectivity index is 1.57. The molecule has 7 rings (SSSR count). The number of fused-ring (bicyclic) bond motifs is 9. The van der Waals surface area contributed by atoms with Gasteiger partial charge in [0.25, 0.3) is 0 Å². The lowest BCUT2D eigenvalue weighted by Gasteiger charge is -2.61. The number of esters is 1. The highest BCUT2D eigenvalue weighted by Gasteiger charge is 2.60. The Labute approximate surface area is 264 Å². The molecule has 0 aromatic heterocycles. The molecule has 5 aliphatic heterocycles. The number of phenolic OH excluding ortho intramolecular Hbond substituents is 1. The van der Waals surface area contributed by atoms with E-state index in [9.17, 15) is 24.8 Å². The number of aromatic hydroxyl groups is 1. The van der Waals surface area contributed by atoms with Gasteiger partial charge in [-0.2, -0.15) is 5.26 Å². The van der Waals surface area contributed by atoms with E-state index in [0.29, 0.717) is 51.7 Å². The average molecular weight is 636 g/mol. The molecule has 4 bridgehead atoms. The van der Waals surface area contributed by atoms with E-state index in [-0.39, 0.29) is 30.9 Å². The number of Topliss-reactive ketones (excluding diaryl/α,β-unsaturated/α-hetero) is 2. The molecule has 2 aromatic carbocycles. The van der Waals surface area contributed by atoms with E-state index in [0.717, 1.165) is 11.1 Å². The second-order valence-electron chi connectivity index (χ2n) is 12.1. The van der Waals surface area contributed by atoms with Gasteiger partial charge in [0, 0.05) is 41.3 Å². The van der Waals surface area contributed by atoms with E-state index in [4.69, 9.17) is 23.7 Å². The van der Waals surface area contributed by atoms with Gasteiger partial charge in [-0.3, -0.25) is 24.2 Å². The smallest absolute Gasteiger partial charge is 0.308 e. The van der Waals surface area contributed by atoms with Crippen molar-refractivity contribution < 1.29 is 43.2 Å². The highest BCUT2D eigenvalue weighted by molar-refractivity contribution is 8.00. The average Bonchev–Trinajstić information content (AvgIpc) is 3.48. The van der Waals surface area contributed by atoms with Crippen molar-refractivity contribution >= 4 is 29.3 Å². The van der Waals surface area contributed by atoms with Gasteiger partial charge in [-0.15, -0.1) is 11.8 Å². The van der Waals surface area contributed by atoms with E-state index >= 15 is 0 Å². The lowest BCUT2D eigenvalue weighted by molar-refractivity contribution is -0.139. The fourth-order valence-electron chi connectivity index (χ4n) is 8.03. The summed E-state index contributed by atoms with van der Waals surface area (Å²) < 4.78 is 29.5. The van der Waals surface area contributed by atoms with Gasteiger partial charge in [0.2, 0.25) is 18.4 Å². The number of phenols is 1. The monoisotopic (exact) mass is 635 g/mol. The van der Waals surface area contributed by atoms with Crippen LogP contribution in [0.15, 0.2) is 6.07 Å². The van der Waals surface area contributed by atoms with E-state index in [1.54, 1.807) is 6.92 Å².